The van der Waals surface area contributed by atoms with E-state index < -0.39 is 0 Å². The highest BCUT2D eigenvalue weighted by Gasteiger charge is 2.09. The minimum Gasteiger partial charge on any atom is -0.297 e. The molecule has 72 valence electrons. The number of rotatable bonds is 1. The molecule has 0 N–H and O–H groups in total. The molecule has 0 radical (unpaired) electrons. The van der Waals surface area contributed by atoms with Gasteiger partial charge in [-0.2, -0.15) is 5.10 Å². The predicted octanol–water partition coefficient (Wildman–Crippen LogP) is 1.77. The molecular formula is C11H8N4. The topological polar surface area (TPSA) is 43.6 Å². The zero-order chi connectivity index (χ0) is 10.1. The van der Waals surface area contributed by atoms with Gasteiger partial charge in [0.2, 0.25) is 0 Å². The van der Waals surface area contributed by atoms with E-state index in [9.17, 15) is 0 Å². The Bertz CT molecular complexity index is 544. The minimum absolute atomic E-state index is 0.807. The molecule has 2 aliphatic heterocycles. The SMILES string of the molecule is c1ccc(-n2cncc3nncc2-3)cc1. The molecule has 4 nitrogen and oxygen atoms in total. The summed E-state index contributed by atoms with van der Waals surface area (Å²) in [6, 6.07) is 10.0. The van der Waals surface area contributed by atoms with Gasteiger partial charge in [-0.3, -0.25) is 4.57 Å². The molecule has 15 heavy (non-hydrogen) atoms. The summed E-state index contributed by atoms with van der Waals surface area (Å²) in [6.07, 6.45) is 5.22. The van der Waals surface area contributed by atoms with Crippen LogP contribution in [0.2, 0.25) is 0 Å². The standard InChI is InChI=1S/C11H8N4/c1-2-4-9(5-3-1)15-8-12-6-10-11(15)7-13-14-10/h1-8H. The summed E-state index contributed by atoms with van der Waals surface area (Å²) in [7, 11) is 0. The van der Waals surface area contributed by atoms with Gasteiger partial charge in [-0.15, -0.1) is 5.10 Å². The third-order valence-corrected chi connectivity index (χ3v) is 2.28. The van der Waals surface area contributed by atoms with E-state index in [0.29, 0.717) is 0 Å². The van der Waals surface area contributed by atoms with E-state index in [2.05, 4.69) is 15.2 Å². The fraction of sp³-hybridized carbons (Fsp3) is 0. The third-order valence-electron chi connectivity index (χ3n) is 2.28. The van der Waals surface area contributed by atoms with Crippen LogP contribution in [0.4, 0.5) is 0 Å². The molecule has 1 aromatic rings. The summed E-state index contributed by atoms with van der Waals surface area (Å²) in [5.41, 5.74) is 2.84. The van der Waals surface area contributed by atoms with E-state index in [-0.39, 0.29) is 0 Å². The van der Waals surface area contributed by atoms with E-state index in [1.54, 1.807) is 18.7 Å². The van der Waals surface area contributed by atoms with Crippen LogP contribution in [0.1, 0.15) is 0 Å². The van der Waals surface area contributed by atoms with Crippen molar-refractivity contribution in [2.24, 2.45) is 0 Å². The number of hydrogen-bond acceptors (Lipinski definition) is 3. The first kappa shape index (κ1) is 8.11. The van der Waals surface area contributed by atoms with Crippen LogP contribution in [-0.4, -0.2) is 19.7 Å². The van der Waals surface area contributed by atoms with Crippen molar-refractivity contribution in [1.29, 1.82) is 0 Å². The minimum atomic E-state index is 0.807. The average molecular weight is 196 g/mol. The lowest BCUT2D eigenvalue weighted by molar-refractivity contribution is 0.984. The van der Waals surface area contributed by atoms with Crippen LogP contribution in [-0.2, 0) is 0 Å². The molecule has 2 heterocycles. The highest BCUT2D eigenvalue weighted by molar-refractivity contribution is 5.56. The number of nitrogens with zero attached hydrogens (tertiary/aromatic N) is 4. The van der Waals surface area contributed by atoms with E-state index in [1.807, 2.05) is 34.9 Å². The fourth-order valence-electron chi connectivity index (χ4n) is 1.57. The second kappa shape index (κ2) is 3.16. The lowest BCUT2D eigenvalue weighted by Gasteiger charge is -2.09. The Morgan fingerprint density at radius 3 is 2.73 bits per heavy atom. The van der Waals surface area contributed by atoms with Crippen molar-refractivity contribution in [3.05, 3.63) is 49.1 Å². The van der Waals surface area contributed by atoms with Crippen molar-refractivity contribution in [2.45, 2.75) is 0 Å². The monoisotopic (exact) mass is 196 g/mol. The van der Waals surface area contributed by atoms with Gasteiger partial charge in [-0.05, 0) is 12.1 Å². The molecule has 0 amide bonds. The Labute approximate surface area is 86.6 Å². The van der Waals surface area contributed by atoms with Gasteiger partial charge in [-0.1, -0.05) is 18.2 Å². The molecule has 0 fully saturated rings. The Morgan fingerprint density at radius 1 is 1.00 bits per heavy atom. The maximum Gasteiger partial charge on any atom is 0.130 e. The lowest BCUT2D eigenvalue weighted by atomic mass is 10.3. The molecule has 0 aliphatic carbocycles. The smallest absolute Gasteiger partial charge is 0.130 e. The summed E-state index contributed by atoms with van der Waals surface area (Å²) in [6.45, 7) is 0. The Balaban J connectivity index is 2.25. The molecule has 2 aliphatic rings. The lowest BCUT2D eigenvalue weighted by Crippen LogP contribution is -2.00. The fourth-order valence-corrected chi connectivity index (χ4v) is 1.57. The van der Waals surface area contributed by atoms with Crippen molar-refractivity contribution in [2.75, 3.05) is 0 Å². The molecule has 0 unspecified atom stereocenters. The number of hydrogen-bond donors (Lipinski definition) is 0. The van der Waals surface area contributed by atoms with E-state index in [0.717, 1.165) is 17.1 Å². The van der Waals surface area contributed by atoms with Crippen LogP contribution in [0.5, 0.6) is 0 Å². The van der Waals surface area contributed by atoms with Crippen LogP contribution in [0.15, 0.2) is 49.1 Å². The zero-order valence-electron chi connectivity index (χ0n) is 7.91. The quantitative estimate of drug-likeness (QED) is 0.595. The summed E-state index contributed by atoms with van der Waals surface area (Å²) >= 11 is 0. The summed E-state index contributed by atoms with van der Waals surface area (Å²) in [4.78, 5) is 4.12. The Kier molecular flexibility index (Phi) is 1.71. The zero-order valence-corrected chi connectivity index (χ0v) is 7.91. The van der Waals surface area contributed by atoms with Crippen molar-refractivity contribution in [1.82, 2.24) is 19.7 Å². The first-order chi connectivity index (χ1) is 7.45. The van der Waals surface area contributed by atoms with Crippen LogP contribution < -0.4 is 0 Å². The Hall–Kier alpha value is -2.23. The number of fused-ring (bicyclic) bond motifs is 1. The van der Waals surface area contributed by atoms with Gasteiger partial charge < -0.3 is 0 Å². The van der Waals surface area contributed by atoms with Gasteiger partial charge in [0.1, 0.15) is 5.69 Å². The molecule has 0 spiro atoms. The van der Waals surface area contributed by atoms with E-state index in [1.165, 1.54) is 0 Å². The first-order valence-electron chi connectivity index (χ1n) is 4.64. The molecule has 0 saturated carbocycles. The van der Waals surface area contributed by atoms with E-state index >= 15 is 0 Å². The maximum atomic E-state index is 4.12. The highest BCUT2D eigenvalue weighted by Crippen LogP contribution is 2.20. The van der Waals surface area contributed by atoms with Gasteiger partial charge in [0, 0.05) is 5.69 Å². The van der Waals surface area contributed by atoms with Crippen LogP contribution in [0, 0.1) is 0 Å². The third kappa shape index (κ3) is 1.27. The normalized spacial score (nSPS) is 10.7. The van der Waals surface area contributed by atoms with Crippen molar-refractivity contribution >= 4 is 0 Å². The van der Waals surface area contributed by atoms with Gasteiger partial charge in [0.25, 0.3) is 0 Å². The van der Waals surface area contributed by atoms with Crippen LogP contribution >= 0.6 is 0 Å². The van der Waals surface area contributed by atoms with Crippen LogP contribution in [0.25, 0.3) is 17.1 Å². The van der Waals surface area contributed by atoms with Gasteiger partial charge in [0.15, 0.2) is 0 Å². The second-order valence-corrected chi connectivity index (χ2v) is 3.21. The summed E-state index contributed by atoms with van der Waals surface area (Å²) < 4.78 is 1.97. The molecule has 0 atom stereocenters. The summed E-state index contributed by atoms with van der Waals surface area (Å²) in [5, 5.41) is 7.85. The molecule has 3 rings (SSSR count). The first-order valence-corrected chi connectivity index (χ1v) is 4.64. The molecule has 0 aromatic heterocycles. The van der Waals surface area contributed by atoms with Crippen molar-refractivity contribution in [3.8, 4) is 17.1 Å². The summed E-state index contributed by atoms with van der Waals surface area (Å²) in [5.74, 6) is 0. The number of para-hydroxylation sites is 1. The largest absolute Gasteiger partial charge is 0.297 e. The van der Waals surface area contributed by atoms with Gasteiger partial charge in [0.05, 0.1) is 24.4 Å². The molecule has 0 saturated heterocycles. The second-order valence-electron chi connectivity index (χ2n) is 3.21. The Morgan fingerprint density at radius 2 is 1.87 bits per heavy atom. The van der Waals surface area contributed by atoms with E-state index in [4.69, 9.17) is 0 Å². The van der Waals surface area contributed by atoms with Gasteiger partial charge >= 0.3 is 0 Å². The predicted molar refractivity (Wildman–Crippen MR) is 55.8 cm³/mol. The molecule has 0 bridgehead atoms. The van der Waals surface area contributed by atoms with Crippen LogP contribution in [0.3, 0.4) is 0 Å². The molecular weight excluding hydrogens is 188 g/mol. The van der Waals surface area contributed by atoms with Gasteiger partial charge in [-0.25, -0.2) is 4.98 Å². The number of aromatic nitrogens is 4. The molecule has 1 aromatic carbocycles. The molecule has 4 heteroatoms. The average Bonchev–Trinajstić information content (AvgIpc) is 2.78. The van der Waals surface area contributed by atoms with Crippen molar-refractivity contribution < 1.29 is 0 Å². The van der Waals surface area contributed by atoms with Crippen molar-refractivity contribution in [3.63, 3.8) is 0 Å². The maximum absolute atomic E-state index is 4.12. The number of benzene rings is 1. The highest BCUT2D eigenvalue weighted by atomic mass is 15.2.